The van der Waals surface area contributed by atoms with Gasteiger partial charge in [0, 0.05) is 16.5 Å². The molecule has 0 atom stereocenters. The number of H-pyrrole nitrogens is 1. The Kier molecular flexibility index (Phi) is 4.65. The first-order chi connectivity index (χ1) is 14.2. The minimum atomic E-state index is -4.82. The molecule has 4 aromatic rings. The number of carbonyl (C=O) groups is 1. The van der Waals surface area contributed by atoms with Gasteiger partial charge in [-0.05, 0) is 48.5 Å². The summed E-state index contributed by atoms with van der Waals surface area (Å²) < 4.78 is 54.7. The number of halogens is 4. The summed E-state index contributed by atoms with van der Waals surface area (Å²) in [6, 6.07) is 13.1. The number of anilines is 1. The number of pyridine rings is 1. The van der Waals surface area contributed by atoms with E-state index in [2.05, 4.69) is 15.0 Å². The topological polar surface area (TPSA) is 71.2 Å². The summed E-state index contributed by atoms with van der Waals surface area (Å²) in [5.41, 5.74) is -0.0219. The molecule has 3 aromatic carbocycles. The van der Waals surface area contributed by atoms with Crippen LogP contribution in [0.4, 0.5) is 23.2 Å². The third-order valence-corrected chi connectivity index (χ3v) is 4.41. The molecule has 30 heavy (non-hydrogen) atoms. The number of alkyl halides is 3. The van der Waals surface area contributed by atoms with Gasteiger partial charge in [0.15, 0.2) is 5.43 Å². The van der Waals surface area contributed by atoms with E-state index < -0.39 is 29.3 Å². The molecule has 1 aromatic heterocycles. The number of para-hydroxylation sites is 2. The van der Waals surface area contributed by atoms with Gasteiger partial charge in [0.1, 0.15) is 11.6 Å². The predicted octanol–water partition coefficient (Wildman–Crippen LogP) is 4.97. The van der Waals surface area contributed by atoms with Gasteiger partial charge in [-0.3, -0.25) is 9.59 Å². The second kappa shape index (κ2) is 7.18. The highest BCUT2D eigenvalue weighted by molar-refractivity contribution is 6.13. The van der Waals surface area contributed by atoms with Crippen LogP contribution in [0.1, 0.15) is 10.4 Å². The van der Waals surface area contributed by atoms with E-state index >= 15 is 0 Å². The van der Waals surface area contributed by atoms with Crippen molar-refractivity contribution in [1.82, 2.24) is 4.98 Å². The van der Waals surface area contributed by atoms with Gasteiger partial charge in [-0.25, -0.2) is 4.39 Å². The molecule has 5 nitrogen and oxygen atoms in total. The highest BCUT2D eigenvalue weighted by Gasteiger charge is 2.31. The van der Waals surface area contributed by atoms with E-state index in [-0.39, 0.29) is 33.1 Å². The number of hydrogen-bond acceptors (Lipinski definition) is 3. The lowest BCUT2D eigenvalue weighted by Gasteiger charge is -2.11. The fourth-order valence-electron chi connectivity index (χ4n) is 3.11. The molecule has 0 unspecified atom stereocenters. The fraction of sp³-hybridized carbons (Fsp3) is 0.0476. The number of rotatable bonds is 3. The first kappa shape index (κ1) is 19.4. The summed E-state index contributed by atoms with van der Waals surface area (Å²) in [5, 5.41) is 2.89. The van der Waals surface area contributed by atoms with Gasteiger partial charge in [0.25, 0.3) is 5.91 Å². The van der Waals surface area contributed by atoms with Crippen molar-refractivity contribution in [3.63, 3.8) is 0 Å². The number of hydrogen-bond donors (Lipinski definition) is 2. The number of amides is 1. The average Bonchev–Trinajstić information content (AvgIpc) is 2.69. The third kappa shape index (κ3) is 3.69. The molecule has 1 amide bonds. The summed E-state index contributed by atoms with van der Waals surface area (Å²) in [6.45, 7) is 0. The average molecular weight is 416 g/mol. The van der Waals surface area contributed by atoms with Crippen LogP contribution in [-0.2, 0) is 0 Å². The smallest absolute Gasteiger partial charge is 0.406 e. The van der Waals surface area contributed by atoms with E-state index in [9.17, 15) is 27.2 Å². The Balaban J connectivity index is 1.71. The first-order valence-corrected chi connectivity index (χ1v) is 8.63. The van der Waals surface area contributed by atoms with E-state index in [1.165, 1.54) is 48.5 Å². The van der Waals surface area contributed by atoms with Gasteiger partial charge in [0.05, 0.1) is 16.6 Å². The molecule has 0 saturated heterocycles. The molecule has 0 spiro atoms. The summed E-state index contributed by atoms with van der Waals surface area (Å²) >= 11 is 0. The van der Waals surface area contributed by atoms with Crippen molar-refractivity contribution in [3.05, 3.63) is 82.3 Å². The van der Waals surface area contributed by atoms with Crippen molar-refractivity contribution < 1.29 is 27.1 Å². The summed E-state index contributed by atoms with van der Waals surface area (Å²) in [4.78, 5) is 28.2. The van der Waals surface area contributed by atoms with Gasteiger partial charge in [-0.1, -0.05) is 12.1 Å². The van der Waals surface area contributed by atoms with E-state index in [1.807, 2.05) is 0 Å². The molecular weight excluding hydrogens is 404 g/mol. The Bertz CT molecular complexity index is 1330. The van der Waals surface area contributed by atoms with Crippen LogP contribution in [-0.4, -0.2) is 17.3 Å². The summed E-state index contributed by atoms with van der Waals surface area (Å²) in [6.07, 6.45) is -4.82. The molecule has 0 bridgehead atoms. The Morgan fingerprint density at radius 3 is 2.20 bits per heavy atom. The van der Waals surface area contributed by atoms with Crippen molar-refractivity contribution in [2.24, 2.45) is 0 Å². The van der Waals surface area contributed by atoms with E-state index in [1.54, 1.807) is 0 Å². The molecule has 0 fully saturated rings. The summed E-state index contributed by atoms with van der Waals surface area (Å²) in [7, 11) is 0. The van der Waals surface area contributed by atoms with Crippen LogP contribution >= 0.6 is 0 Å². The molecule has 0 aliphatic heterocycles. The number of nitrogens with one attached hydrogen (secondary N) is 2. The van der Waals surface area contributed by atoms with Crippen LogP contribution in [0.2, 0.25) is 0 Å². The molecule has 1 heterocycles. The predicted molar refractivity (Wildman–Crippen MR) is 103 cm³/mol. The molecule has 4 rings (SSSR count). The Morgan fingerprint density at radius 2 is 1.53 bits per heavy atom. The van der Waals surface area contributed by atoms with Gasteiger partial charge >= 0.3 is 6.36 Å². The quantitative estimate of drug-likeness (QED) is 0.366. The minimum Gasteiger partial charge on any atom is -0.406 e. The minimum absolute atomic E-state index is 0.0242. The molecular formula is C21H12F4N2O3. The number of carbonyl (C=O) groups excluding carboxylic acids is 1. The largest absolute Gasteiger partial charge is 0.573 e. The summed E-state index contributed by atoms with van der Waals surface area (Å²) in [5.74, 6) is -1.70. The Morgan fingerprint density at radius 1 is 0.900 bits per heavy atom. The van der Waals surface area contributed by atoms with E-state index in [4.69, 9.17) is 0 Å². The number of fused-ring (bicyclic) bond motifs is 2. The van der Waals surface area contributed by atoms with Crippen LogP contribution in [0.15, 0.2) is 65.5 Å². The molecule has 2 N–H and O–H groups in total. The van der Waals surface area contributed by atoms with E-state index in [0.717, 1.165) is 12.1 Å². The van der Waals surface area contributed by atoms with Crippen molar-refractivity contribution in [1.29, 1.82) is 0 Å². The Labute approximate surface area is 165 Å². The number of aromatic nitrogens is 1. The third-order valence-electron chi connectivity index (χ3n) is 4.41. The molecule has 0 saturated carbocycles. The van der Waals surface area contributed by atoms with Crippen LogP contribution in [0.5, 0.6) is 5.75 Å². The Hall–Kier alpha value is -3.88. The fourth-order valence-corrected chi connectivity index (χ4v) is 3.11. The number of aromatic amines is 1. The zero-order chi connectivity index (χ0) is 21.5. The molecule has 0 radical (unpaired) electrons. The van der Waals surface area contributed by atoms with Crippen molar-refractivity contribution >= 4 is 33.4 Å². The number of benzene rings is 3. The van der Waals surface area contributed by atoms with Gasteiger partial charge < -0.3 is 15.0 Å². The highest BCUT2D eigenvalue weighted by Crippen LogP contribution is 2.25. The molecule has 9 heteroatoms. The molecule has 0 aliphatic rings. The zero-order valence-corrected chi connectivity index (χ0v) is 15.0. The molecule has 0 aliphatic carbocycles. The standard InChI is InChI=1S/C21H12F4N2O3/c22-16-6-2-4-14-18(16)27-17-13(19(14)28)3-1-5-15(17)20(29)26-11-7-9-12(10-8-11)30-21(23,24)25/h1-10H,(H,26,29)(H,27,28). The van der Waals surface area contributed by atoms with Crippen molar-refractivity contribution in [2.75, 3.05) is 5.32 Å². The van der Waals surface area contributed by atoms with Gasteiger partial charge in [-0.2, -0.15) is 0 Å². The maximum absolute atomic E-state index is 14.2. The lowest BCUT2D eigenvalue weighted by Crippen LogP contribution is -2.17. The molecule has 152 valence electrons. The lowest BCUT2D eigenvalue weighted by molar-refractivity contribution is -0.274. The highest BCUT2D eigenvalue weighted by atomic mass is 19.4. The normalized spacial score (nSPS) is 11.6. The SMILES string of the molecule is O=C(Nc1ccc(OC(F)(F)F)cc1)c1cccc2c(=O)c3cccc(F)c3[nH]c12. The van der Waals surface area contributed by atoms with Crippen LogP contribution < -0.4 is 15.5 Å². The number of ether oxygens (including phenoxy) is 1. The van der Waals surface area contributed by atoms with Gasteiger partial charge in [0.2, 0.25) is 0 Å². The van der Waals surface area contributed by atoms with E-state index in [0.29, 0.717) is 0 Å². The van der Waals surface area contributed by atoms with Gasteiger partial charge in [-0.15, -0.1) is 13.2 Å². The first-order valence-electron chi connectivity index (χ1n) is 8.63. The maximum Gasteiger partial charge on any atom is 0.573 e. The van der Waals surface area contributed by atoms with Crippen molar-refractivity contribution in [3.8, 4) is 5.75 Å². The van der Waals surface area contributed by atoms with Crippen LogP contribution in [0, 0.1) is 5.82 Å². The maximum atomic E-state index is 14.2. The lowest BCUT2D eigenvalue weighted by atomic mass is 10.1. The van der Waals surface area contributed by atoms with Crippen molar-refractivity contribution in [2.45, 2.75) is 6.36 Å². The monoisotopic (exact) mass is 416 g/mol. The van der Waals surface area contributed by atoms with Crippen LogP contribution in [0.3, 0.4) is 0 Å². The second-order valence-corrected chi connectivity index (χ2v) is 6.37. The van der Waals surface area contributed by atoms with Crippen LogP contribution in [0.25, 0.3) is 21.8 Å². The zero-order valence-electron chi connectivity index (χ0n) is 15.0. The second-order valence-electron chi connectivity index (χ2n) is 6.37.